The highest BCUT2D eigenvalue weighted by molar-refractivity contribution is 6.30. The molecule has 0 fully saturated rings. The van der Waals surface area contributed by atoms with Gasteiger partial charge in [-0.1, -0.05) is 37.6 Å². The van der Waals surface area contributed by atoms with Gasteiger partial charge in [-0.3, -0.25) is 4.79 Å². The molecule has 3 rings (SSSR count). The quantitative estimate of drug-likeness (QED) is 0.455. The van der Waals surface area contributed by atoms with Crippen molar-refractivity contribution in [1.29, 1.82) is 0 Å². The summed E-state index contributed by atoms with van der Waals surface area (Å²) in [6.07, 6.45) is -4.90. The molecule has 0 bridgehead atoms. The number of aliphatic carboxylic acids is 1. The Hall–Kier alpha value is -3.20. The zero-order valence-corrected chi connectivity index (χ0v) is 17.9. The molecule has 0 aliphatic heterocycles. The van der Waals surface area contributed by atoms with Gasteiger partial charge in [-0.2, -0.15) is 5.10 Å². The van der Waals surface area contributed by atoms with Crippen molar-refractivity contribution in [2.24, 2.45) is 0 Å². The first-order valence-electron chi connectivity index (χ1n) is 9.60. The summed E-state index contributed by atoms with van der Waals surface area (Å²) in [5.41, 5.74) is 2.36. The predicted molar refractivity (Wildman–Crippen MR) is 111 cm³/mol. The van der Waals surface area contributed by atoms with Crippen molar-refractivity contribution in [3.05, 3.63) is 70.5 Å². The van der Waals surface area contributed by atoms with E-state index in [1.807, 2.05) is 13.8 Å². The summed E-state index contributed by atoms with van der Waals surface area (Å²) in [6.45, 7) is 3.94. The van der Waals surface area contributed by atoms with E-state index in [1.165, 1.54) is 28.9 Å². The number of carboxylic acid groups (broad SMARTS) is 1. The van der Waals surface area contributed by atoms with Gasteiger partial charge in [0.1, 0.15) is 23.3 Å². The Morgan fingerprint density at radius 2 is 1.84 bits per heavy atom. The molecule has 0 amide bonds. The molecule has 0 atom stereocenters. The number of carboxylic acids is 1. The van der Waals surface area contributed by atoms with Crippen LogP contribution in [0.15, 0.2) is 48.5 Å². The second-order valence-electron chi connectivity index (χ2n) is 7.27. The number of rotatable bonds is 8. The first-order chi connectivity index (χ1) is 15.0. The Balaban J connectivity index is 1.84. The van der Waals surface area contributed by atoms with Gasteiger partial charge in [-0.25, -0.2) is 4.68 Å². The molecule has 1 heterocycles. The van der Waals surface area contributed by atoms with Gasteiger partial charge >= 0.3 is 12.3 Å². The van der Waals surface area contributed by atoms with Crippen molar-refractivity contribution in [2.45, 2.75) is 39.2 Å². The maximum atomic E-state index is 12.4. The molecular formula is C22H20ClF3N2O4. The van der Waals surface area contributed by atoms with Crippen LogP contribution in [0, 0.1) is 0 Å². The molecule has 170 valence electrons. The smallest absolute Gasteiger partial charge is 0.489 e. The molecule has 0 saturated carbocycles. The maximum Gasteiger partial charge on any atom is 0.573 e. The summed E-state index contributed by atoms with van der Waals surface area (Å²) >= 11 is 6.55. The van der Waals surface area contributed by atoms with Gasteiger partial charge in [0, 0.05) is 0 Å². The van der Waals surface area contributed by atoms with Crippen molar-refractivity contribution in [3.8, 4) is 17.2 Å². The van der Waals surface area contributed by atoms with E-state index in [2.05, 4.69) is 9.84 Å². The van der Waals surface area contributed by atoms with Gasteiger partial charge in [0.15, 0.2) is 0 Å². The number of alkyl halides is 3. The first-order valence-corrected chi connectivity index (χ1v) is 9.98. The van der Waals surface area contributed by atoms with Crippen molar-refractivity contribution in [2.75, 3.05) is 0 Å². The van der Waals surface area contributed by atoms with E-state index < -0.39 is 12.3 Å². The van der Waals surface area contributed by atoms with E-state index in [0.29, 0.717) is 28.3 Å². The van der Waals surface area contributed by atoms with Crippen molar-refractivity contribution in [3.63, 3.8) is 0 Å². The van der Waals surface area contributed by atoms with E-state index in [-0.39, 0.29) is 29.8 Å². The second-order valence-corrected chi connectivity index (χ2v) is 7.63. The van der Waals surface area contributed by atoms with E-state index >= 15 is 0 Å². The minimum absolute atomic E-state index is 0.00136. The van der Waals surface area contributed by atoms with Crippen molar-refractivity contribution >= 4 is 17.6 Å². The minimum Gasteiger partial charge on any atom is -0.489 e. The minimum atomic E-state index is -4.78. The van der Waals surface area contributed by atoms with Crippen LogP contribution in [0.5, 0.6) is 11.5 Å². The molecule has 10 heteroatoms. The molecule has 1 N–H and O–H groups in total. The number of nitrogens with zero attached hydrogens (tertiary/aromatic N) is 2. The lowest BCUT2D eigenvalue weighted by atomic mass is 10.1. The van der Waals surface area contributed by atoms with Gasteiger partial charge in [-0.05, 0) is 47.9 Å². The topological polar surface area (TPSA) is 73.6 Å². The normalized spacial score (nSPS) is 11.6. The zero-order chi connectivity index (χ0) is 23.5. The van der Waals surface area contributed by atoms with Gasteiger partial charge in [0.2, 0.25) is 0 Å². The number of hydrogen-bond acceptors (Lipinski definition) is 4. The summed E-state index contributed by atoms with van der Waals surface area (Å²) in [5.74, 6) is -0.812. The summed E-state index contributed by atoms with van der Waals surface area (Å²) in [7, 11) is 0. The highest BCUT2D eigenvalue weighted by Gasteiger charge is 2.31. The fraction of sp³-hybridized carbons (Fsp3) is 0.273. The van der Waals surface area contributed by atoms with Crippen molar-refractivity contribution in [1.82, 2.24) is 9.78 Å². The van der Waals surface area contributed by atoms with Gasteiger partial charge in [0.25, 0.3) is 0 Å². The van der Waals surface area contributed by atoms with Gasteiger partial charge < -0.3 is 14.6 Å². The third kappa shape index (κ3) is 5.94. The van der Waals surface area contributed by atoms with Gasteiger partial charge in [0.05, 0.1) is 23.4 Å². The highest BCUT2D eigenvalue weighted by atomic mass is 35.5. The monoisotopic (exact) mass is 468 g/mol. The van der Waals surface area contributed by atoms with Crippen LogP contribution in [0.4, 0.5) is 13.2 Å². The Morgan fingerprint density at radius 3 is 2.44 bits per heavy atom. The van der Waals surface area contributed by atoms with Crippen LogP contribution in [0.1, 0.15) is 36.6 Å². The largest absolute Gasteiger partial charge is 0.573 e. The van der Waals surface area contributed by atoms with E-state index in [9.17, 15) is 18.0 Å². The number of hydrogen-bond donors (Lipinski definition) is 1. The molecule has 3 aromatic rings. The molecule has 2 aromatic carbocycles. The van der Waals surface area contributed by atoms with E-state index in [1.54, 1.807) is 24.3 Å². The van der Waals surface area contributed by atoms with Crippen LogP contribution >= 0.6 is 11.6 Å². The molecular weight excluding hydrogens is 449 g/mol. The molecule has 0 spiro atoms. The Morgan fingerprint density at radius 1 is 1.16 bits per heavy atom. The zero-order valence-electron chi connectivity index (χ0n) is 17.2. The number of carbonyl (C=O) groups is 1. The number of ether oxygens (including phenoxy) is 2. The lowest BCUT2D eigenvalue weighted by Gasteiger charge is -2.10. The third-order valence-corrected chi connectivity index (χ3v) is 4.84. The average Bonchev–Trinajstić information content (AvgIpc) is 3.02. The van der Waals surface area contributed by atoms with E-state index in [4.69, 9.17) is 21.4 Å². The number of benzene rings is 2. The van der Waals surface area contributed by atoms with Crippen LogP contribution in [0.3, 0.4) is 0 Å². The van der Waals surface area contributed by atoms with Crippen LogP contribution < -0.4 is 9.47 Å². The van der Waals surface area contributed by atoms with Crippen LogP contribution in [0.25, 0.3) is 5.69 Å². The predicted octanol–water partition coefficient (Wildman–Crippen LogP) is 5.75. The molecule has 0 aliphatic rings. The molecule has 0 saturated heterocycles. The lowest BCUT2D eigenvalue weighted by molar-refractivity contribution is -0.274. The fourth-order valence-electron chi connectivity index (χ4n) is 3.08. The Labute approximate surface area is 187 Å². The van der Waals surface area contributed by atoms with Crippen LogP contribution in [-0.2, 0) is 17.8 Å². The van der Waals surface area contributed by atoms with Gasteiger partial charge in [-0.15, -0.1) is 13.2 Å². The maximum absolute atomic E-state index is 12.4. The SMILES string of the molecule is CC(C)c1nn(-c2ccc(OC(F)(F)F)cc2)c(Cl)c1COc1cccc(CC(=O)O)c1. The summed E-state index contributed by atoms with van der Waals surface area (Å²) in [6, 6.07) is 11.9. The fourth-order valence-corrected chi connectivity index (χ4v) is 3.37. The average molecular weight is 469 g/mol. The van der Waals surface area contributed by atoms with Crippen LogP contribution in [0.2, 0.25) is 5.15 Å². The van der Waals surface area contributed by atoms with Crippen LogP contribution in [-0.4, -0.2) is 27.2 Å². The molecule has 6 nitrogen and oxygen atoms in total. The number of halogens is 4. The summed E-state index contributed by atoms with van der Waals surface area (Å²) < 4.78 is 48.3. The lowest BCUT2D eigenvalue weighted by Crippen LogP contribution is -2.17. The third-order valence-electron chi connectivity index (χ3n) is 4.45. The molecule has 0 aliphatic carbocycles. The standard InChI is InChI=1S/C22H20ClF3N2O4/c1-13(2)20-18(12-31-17-5-3-4-14(10-17)11-19(29)30)21(23)28(27-20)15-6-8-16(9-7-15)32-22(24,25)26/h3-10,13H,11-12H2,1-2H3,(H,29,30). The molecule has 32 heavy (non-hydrogen) atoms. The summed E-state index contributed by atoms with van der Waals surface area (Å²) in [5, 5.41) is 13.7. The first kappa shape index (κ1) is 23.5. The van der Waals surface area contributed by atoms with Crippen molar-refractivity contribution < 1.29 is 32.5 Å². The Kier molecular flexibility index (Phi) is 6.98. The Bertz CT molecular complexity index is 1100. The molecule has 1 aromatic heterocycles. The summed E-state index contributed by atoms with van der Waals surface area (Å²) in [4.78, 5) is 10.9. The number of aromatic nitrogens is 2. The highest BCUT2D eigenvalue weighted by Crippen LogP contribution is 2.31. The van der Waals surface area contributed by atoms with E-state index in [0.717, 1.165) is 0 Å². The second kappa shape index (κ2) is 9.52. The molecule has 0 radical (unpaired) electrons. The molecule has 0 unspecified atom stereocenters.